The van der Waals surface area contributed by atoms with Crippen molar-refractivity contribution in [2.24, 2.45) is 0 Å². The molecule has 0 saturated heterocycles. The lowest BCUT2D eigenvalue weighted by Crippen LogP contribution is -2.47. The molecule has 2 N–H and O–H groups in total. The summed E-state index contributed by atoms with van der Waals surface area (Å²) in [4.78, 5) is 24.7. The van der Waals surface area contributed by atoms with E-state index < -0.39 is 17.7 Å². The molecule has 2 atom stereocenters. The third-order valence-corrected chi connectivity index (χ3v) is 4.85. The van der Waals surface area contributed by atoms with Crippen molar-refractivity contribution < 1.29 is 14.3 Å². The molecule has 0 aliphatic heterocycles. The second kappa shape index (κ2) is 10.1. The van der Waals surface area contributed by atoms with E-state index in [0.717, 1.165) is 15.6 Å². The van der Waals surface area contributed by atoms with Crippen LogP contribution >= 0.6 is 27.5 Å². The molecular weight excluding hydrogens is 456 g/mol. The molecule has 2 unspecified atom stereocenters. The third-order valence-electron chi connectivity index (χ3n) is 4.07. The molecule has 0 aromatic heterocycles. The fourth-order valence-electron chi connectivity index (χ4n) is 2.65. The van der Waals surface area contributed by atoms with Crippen molar-refractivity contribution in [3.8, 4) is 0 Å². The topological polar surface area (TPSA) is 67.4 Å². The Kier molecular flexibility index (Phi) is 8.11. The van der Waals surface area contributed by atoms with Gasteiger partial charge in [0.25, 0.3) is 0 Å². The van der Waals surface area contributed by atoms with Crippen LogP contribution in [0.4, 0.5) is 4.79 Å². The standard InChI is InChI=1S/C22H26BrClN2O3/c1-14(25-21(28)29-22(2,3)4)20(27)26-19(16-7-9-17(23)10-8-16)13-15-5-11-18(24)12-6-15/h5-12,14,19H,13H2,1-4H3,(H,25,28)(H,26,27). The lowest BCUT2D eigenvalue weighted by Gasteiger charge is -2.24. The van der Waals surface area contributed by atoms with Gasteiger partial charge in [-0.15, -0.1) is 0 Å². The fraction of sp³-hybridized carbons (Fsp3) is 0.364. The van der Waals surface area contributed by atoms with Gasteiger partial charge in [0, 0.05) is 9.50 Å². The Hall–Kier alpha value is -2.05. The van der Waals surface area contributed by atoms with Gasteiger partial charge in [-0.1, -0.05) is 51.8 Å². The van der Waals surface area contributed by atoms with Crippen LogP contribution in [-0.2, 0) is 16.0 Å². The number of nitrogens with one attached hydrogen (secondary N) is 2. The molecule has 0 spiro atoms. The summed E-state index contributed by atoms with van der Waals surface area (Å²) in [7, 11) is 0. The number of benzene rings is 2. The van der Waals surface area contributed by atoms with E-state index >= 15 is 0 Å². The predicted molar refractivity (Wildman–Crippen MR) is 119 cm³/mol. The first-order valence-corrected chi connectivity index (χ1v) is 10.5. The van der Waals surface area contributed by atoms with Crippen molar-refractivity contribution >= 4 is 39.5 Å². The summed E-state index contributed by atoms with van der Waals surface area (Å²) < 4.78 is 6.18. The summed E-state index contributed by atoms with van der Waals surface area (Å²) in [6.45, 7) is 6.94. The van der Waals surface area contributed by atoms with Crippen LogP contribution in [0.5, 0.6) is 0 Å². The molecule has 0 fully saturated rings. The van der Waals surface area contributed by atoms with Crippen molar-refractivity contribution in [3.63, 3.8) is 0 Å². The molecule has 7 heteroatoms. The zero-order valence-electron chi connectivity index (χ0n) is 17.0. The van der Waals surface area contributed by atoms with Gasteiger partial charge in [-0.3, -0.25) is 4.79 Å². The van der Waals surface area contributed by atoms with E-state index in [-0.39, 0.29) is 11.9 Å². The Morgan fingerprint density at radius 1 is 1.03 bits per heavy atom. The molecule has 29 heavy (non-hydrogen) atoms. The van der Waals surface area contributed by atoms with Crippen molar-refractivity contribution in [1.82, 2.24) is 10.6 Å². The van der Waals surface area contributed by atoms with Gasteiger partial charge in [-0.05, 0) is 69.5 Å². The van der Waals surface area contributed by atoms with Crippen LogP contribution in [0.25, 0.3) is 0 Å². The van der Waals surface area contributed by atoms with E-state index in [1.54, 1.807) is 27.7 Å². The smallest absolute Gasteiger partial charge is 0.408 e. The normalized spacial score (nSPS) is 13.3. The highest BCUT2D eigenvalue weighted by molar-refractivity contribution is 9.10. The highest BCUT2D eigenvalue weighted by atomic mass is 79.9. The maximum absolute atomic E-state index is 12.7. The van der Waals surface area contributed by atoms with Crippen molar-refractivity contribution in [2.75, 3.05) is 0 Å². The van der Waals surface area contributed by atoms with Crippen LogP contribution in [-0.4, -0.2) is 23.6 Å². The second-order valence-corrected chi connectivity index (χ2v) is 9.16. The predicted octanol–water partition coefficient (Wildman–Crippen LogP) is 5.42. The van der Waals surface area contributed by atoms with Crippen molar-refractivity contribution in [3.05, 3.63) is 69.2 Å². The Labute approximate surface area is 185 Å². The third kappa shape index (κ3) is 8.07. The van der Waals surface area contributed by atoms with E-state index in [2.05, 4.69) is 26.6 Å². The zero-order chi connectivity index (χ0) is 21.6. The number of amides is 2. The van der Waals surface area contributed by atoms with Gasteiger partial charge in [-0.25, -0.2) is 4.79 Å². The quantitative estimate of drug-likeness (QED) is 0.579. The zero-order valence-corrected chi connectivity index (χ0v) is 19.3. The highest BCUT2D eigenvalue weighted by Gasteiger charge is 2.23. The molecule has 0 bridgehead atoms. The van der Waals surface area contributed by atoms with Gasteiger partial charge in [-0.2, -0.15) is 0 Å². The fourth-order valence-corrected chi connectivity index (χ4v) is 3.04. The number of ether oxygens (including phenoxy) is 1. The van der Waals surface area contributed by atoms with E-state index in [1.807, 2.05) is 48.5 Å². The second-order valence-electron chi connectivity index (χ2n) is 7.81. The molecule has 0 radical (unpaired) electrons. The lowest BCUT2D eigenvalue weighted by atomic mass is 9.98. The van der Waals surface area contributed by atoms with Gasteiger partial charge in [0.2, 0.25) is 5.91 Å². The Morgan fingerprint density at radius 3 is 2.17 bits per heavy atom. The minimum absolute atomic E-state index is 0.264. The molecule has 0 aliphatic rings. The Balaban J connectivity index is 2.11. The maximum Gasteiger partial charge on any atom is 0.408 e. The number of halogens is 2. The van der Waals surface area contributed by atoms with E-state index in [1.165, 1.54) is 0 Å². The van der Waals surface area contributed by atoms with Crippen molar-refractivity contribution in [2.45, 2.75) is 51.8 Å². The molecule has 0 aliphatic carbocycles. The first kappa shape index (κ1) is 23.2. The summed E-state index contributed by atoms with van der Waals surface area (Å²) in [5.74, 6) is -0.294. The van der Waals surface area contributed by atoms with E-state index in [4.69, 9.17) is 16.3 Å². The van der Waals surface area contributed by atoms with Crippen LogP contribution in [0.15, 0.2) is 53.0 Å². The molecule has 2 amide bonds. The van der Waals surface area contributed by atoms with Gasteiger partial charge in [0.1, 0.15) is 11.6 Å². The molecule has 2 aromatic carbocycles. The lowest BCUT2D eigenvalue weighted by molar-refractivity contribution is -0.123. The minimum atomic E-state index is -0.743. The first-order valence-electron chi connectivity index (χ1n) is 9.33. The monoisotopic (exact) mass is 480 g/mol. The number of hydrogen-bond acceptors (Lipinski definition) is 3. The summed E-state index contributed by atoms with van der Waals surface area (Å²) in [6, 6.07) is 14.3. The minimum Gasteiger partial charge on any atom is -0.444 e. The average Bonchev–Trinajstić information content (AvgIpc) is 2.62. The van der Waals surface area contributed by atoms with Gasteiger partial charge in [0.05, 0.1) is 6.04 Å². The Bertz CT molecular complexity index is 833. The summed E-state index contributed by atoms with van der Waals surface area (Å²) >= 11 is 9.41. The van der Waals surface area contributed by atoms with Crippen LogP contribution in [0.1, 0.15) is 44.9 Å². The molecule has 2 aromatic rings. The van der Waals surface area contributed by atoms with Crippen molar-refractivity contribution in [1.29, 1.82) is 0 Å². The van der Waals surface area contributed by atoms with Crippen LogP contribution in [0.3, 0.4) is 0 Å². The summed E-state index contributed by atoms with van der Waals surface area (Å²) in [5.41, 5.74) is 1.37. The molecule has 0 heterocycles. The van der Waals surface area contributed by atoms with Gasteiger partial charge >= 0.3 is 6.09 Å². The van der Waals surface area contributed by atoms with E-state index in [9.17, 15) is 9.59 Å². The van der Waals surface area contributed by atoms with Crippen LogP contribution in [0, 0.1) is 0 Å². The number of carbonyl (C=O) groups is 2. The Morgan fingerprint density at radius 2 is 1.62 bits per heavy atom. The largest absolute Gasteiger partial charge is 0.444 e. The number of carbonyl (C=O) groups excluding carboxylic acids is 2. The number of rotatable bonds is 6. The van der Waals surface area contributed by atoms with Crippen LogP contribution < -0.4 is 10.6 Å². The summed E-state index contributed by atoms with van der Waals surface area (Å²) in [5, 5.41) is 6.26. The summed E-state index contributed by atoms with van der Waals surface area (Å²) in [6.07, 6.45) is -0.0398. The number of alkyl carbamates (subject to hydrolysis) is 1. The van der Waals surface area contributed by atoms with E-state index in [0.29, 0.717) is 11.4 Å². The van der Waals surface area contributed by atoms with Crippen LogP contribution in [0.2, 0.25) is 5.02 Å². The SMILES string of the molecule is CC(NC(=O)OC(C)(C)C)C(=O)NC(Cc1ccc(Cl)cc1)c1ccc(Br)cc1. The molecule has 156 valence electrons. The average molecular weight is 482 g/mol. The molecular formula is C22H26BrClN2O3. The maximum atomic E-state index is 12.7. The van der Waals surface area contributed by atoms with Gasteiger partial charge in [0.15, 0.2) is 0 Å². The molecule has 2 rings (SSSR count). The first-order chi connectivity index (χ1) is 13.5. The van der Waals surface area contributed by atoms with Gasteiger partial charge < -0.3 is 15.4 Å². The highest BCUT2D eigenvalue weighted by Crippen LogP contribution is 2.22. The molecule has 0 saturated carbocycles. The number of hydrogen-bond donors (Lipinski definition) is 2. The molecule has 5 nitrogen and oxygen atoms in total.